The van der Waals surface area contributed by atoms with Crippen LogP contribution in [0.3, 0.4) is 0 Å². The third-order valence-corrected chi connectivity index (χ3v) is 13.1. The summed E-state index contributed by atoms with van der Waals surface area (Å²) in [5.74, 6) is 6.40. The van der Waals surface area contributed by atoms with Crippen molar-refractivity contribution in [2.24, 2.45) is 63.1 Å². The van der Waals surface area contributed by atoms with Crippen LogP contribution in [0.25, 0.3) is 0 Å². The van der Waals surface area contributed by atoms with E-state index in [1.165, 1.54) is 64.2 Å². The molecule has 10 unspecified atom stereocenters. The molecule has 0 amide bonds. The summed E-state index contributed by atoms with van der Waals surface area (Å²) in [4.78, 5) is 0. The molecular weight excluding hydrogens is 461 g/mol. The molecule has 6 aliphatic rings. The molecule has 0 heterocycles. The van der Waals surface area contributed by atoms with E-state index in [0.29, 0.717) is 21.7 Å². The summed E-state index contributed by atoms with van der Waals surface area (Å²) in [5.41, 5.74) is 3.68. The first kappa shape index (κ1) is 24.3. The maximum atomic E-state index is 4.74. The molecule has 1 radical (unpaired) electrons. The Kier molecular flexibility index (Phi) is 5.91. The van der Waals surface area contributed by atoms with Gasteiger partial charge in [0.25, 0.3) is 0 Å². The zero-order valence-corrected chi connectivity index (χ0v) is 24.5. The topological polar surface area (TPSA) is 0 Å². The van der Waals surface area contributed by atoms with E-state index in [0.717, 1.165) is 41.4 Å². The van der Waals surface area contributed by atoms with E-state index in [9.17, 15) is 0 Å². The van der Waals surface area contributed by atoms with Crippen LogP contribution in [0, 0.1) is 69.5 Å². The molecule has 6 rings (SSSR count). The Labute approximate surface area is 224 Å². The fourth-order valence-electron chi connectivity index (χ4n) is 11.7. The summed E-state index contributed by atoms with van der Waals surface area (Å²) in [6.07, 6.45) is 22.2. The number of allylic oxidation sites excluding steroid dienone is 3. The van der Waals surface area contributed by atoms with E-state index >= 15 is 0 Å². The summed E-state index contributed by atoms with van der Waals surface area (Å²) in [7, 11) is 0. The molecule has 6 saturated carbocycles. The van der Waals surface area contributed by atoms with Gasteiger partial charge in [0, 0.05) is 32.7 Å². The van der Waals surface area contributed by atoms with Gasteiger partial charge in [-0.3, -0.25) is 0 Å². The molecule has 6 aliphatic carbocycles. The van der Waals surface area contributed by atoms with Crippen molar-refractivity contribution in [3.05, 3.63) is 30.7 Å². The van der Waals surface area contributed by atoms with Crippen molar-refractivity contribution in [2.75, 3.05) is 0 Å². The maximum Gasteiger partial charge on any atom is 0 e. The van der Waals surface area contributed by atoms with Gasteiger partial charge in [0.15, 0.2) is 0 Å². The summed E-state index contributed by atoms with van der Waals surface area (Å²) in [5, 5.41) is 0. The predicted octanol–water partition coefficient (Wildman–Crippen LogP) is 8.64. The van der Waals surface area contributed by atoms with E-state index in [1.54, 1.807) is 5.57 Å². The van der Waals surface area contributed by atoms with E-state index < -0.39 is 0 Å². The second-order valence-electron chi connectivity index (χ2n) is 14.1. The van der Waals surface area contributed by atoms with Crippen molar-refractivity contribution in [2.45, 2.75) is 98.8 Å². The Morgan fingerprint density at radius 2 is 1.69 bits per heavy atom. The van der Waals surface area contributed by atoms with E-state index in [4.69, 9.17) is 6.58 Å². The zero-order chi connectivity index (χ0) is 21.8. The largest absolute Gasteiger partial charge is 0.323 e. The Balaban J connectivity index is 0.00000216. The molecule has 1 heteroatoms. The molecule has 0 aromatic heterocycles. The Hall–Kier alpha value is 0.584. The van der Waals surface area contributed by atoms with Gasteiger partial charge in [-0.25, -0.2) is 0 Å². The monoisotopic (exact) mass is 508 g/mol. The minimum Gasteiger partial charge on any atom is -0.323 e. The molecule has 175 valence electrons. The Morgan fingerprint density at radius 3 is 2.44 bits per heavy atom. The van der Waals surface area contributed by atoms with Crippen LogP contribution in [0.15, 0.2) is 24.3 Å². The van der Waals surface area contributed by atoms with Crippen LogP contribution in [0.5, 0.6) is 0 Å². The molecule has 0 aromatic rings. The fraction of sp³-hybridized carbons (Fsp3) is 0.839. The normalized spacial score (nSPS) is 55.5. The van der Waals surface area contributed by atoms with Crippen LogP contribution in [0.4, 0.5) is 0 Å². The molecule has 0 bridgehead atoms. The molecule has 0 N–H and O–H groups in total. The van der Waals surface area contributed by atoms with Crippen molar-refractivity contribution in [1.82, 2.24) is 0 Å². The molecular formula is C31H47Y-. The van der Waals surface area contributed by atoms with Crippen LogP contribution in [0.2, 0.25) is 0 Å². The van der Waals surface area contributed by atoms with Gasteiger partial charge in [-0.15, -0.1) is 0 Å². The smallest absolute Gasteiger partial charge is 0 e. The Morgan fingerprint density at radius 1 is 0.906 bits per heavy atom. The second-order valence-corrected chi connectivity index (χ2v) is 14.1. The SMILES string of the molecule is C=C1CC2CC3C4CC[CH-]C(C)(C)C4CCC3(C)C3(C)CCC4(C=CC)CCC1C4C23.[Y]. The summed E-state index contributed by atoms with van der Waals surface area (Å²) >= 11 is 0. The summed E-state index contributed by atoms with van der Waals surface area (Å²) in [6.45, 7) is 17.7. The first-order chi connectivity index (χ1) is 14.7. The number of hydrogen-bond acceptors (Lipinski definition) is 0. The van der Waals surface area contributed by atoms with Gasteiger partial charge in [0.2, 0.25) is 0 Å². The van der Waals surface area contributed by atoms with E-state index in [-0.39, 0.29) is 32.7 Å². The molecule has 0 aliphatic heterocycles. The zero-order valence-electron chi connectivity index (χ0n) is 21.6. The summed E-state index contributed by atoms with van der Waals surface area (Å²) < 4.78 is 0. The number of rotatable bonds is 1. The first-order valence-electron chi connectivity index (χ1n) is 13.8. The van der Waals surface area contributed by atoms with Crippen LogP contribution in [-0.4, -0.2) is 0 Å². The quantitative estimate of drug-likeness (QED) is 0.246. The molecule has 0 aromatic carbocycles. The maximum absolute atomic E-state index is 4.74. The van der Waals surface area contributed by atoms with Gasteiger partial charge in [-0.2, -0.15) is 11.8 Å². The first-order valence-corrected chi connectivity index (χ1v) is 13.8. The average Bonchev–Trinajstić information content (AvgIpc) is 3.09. The van der Waals surface area contributed by atoms with Gasteiger partial charge < -0.3 is 6.42 Å². The fourth-order valence-corrected chi connectivity index (χ4v) is 11.7. The third kappa shape index (κ3) is 2.93. The van der Waals surface area contributed by atoms with Crippen molar-refractivity contribution in [3.63, 3.8) is 0 Å². The standard InChI is InChI=1S/C31H47.Y/c1-7-12-31-15-10-22-20(2)18-21-19-25-23-9-8-13-28(3,4)24(23)11-14-29(25,5)30(6,16-17-31)26(21)27(22)31;/h7,12-13,21-27H,2,8-11,14-19H2,1,3-6H3;/q-1;. The van der Waals surface area contributed by atoms with Gasteiger partial charge in [0.1, 0.15) is 0 Å². The van der Waals surface area contributed by atoms with Crippen molar-refractivity contribution < 1.29 is 32.7 Å². The molecule has 0 nitrogen and oxygen atoms in total. The minimum absolute atomic E-state index is 0. The molecule has 6 fully saturated rings. The van der Waals surface area contributed by atoms with Crippen LogP contribution < -0.4 is 0 Å². The van der Waals surface area contributed by atoms with Gasteiger partial charge in [-0.1, -0.05) is 70.8 Å². The van der Waals surface area contributed by atoms with Crippen LogP contribution >= 0.6 is 0 Å². The molecule has 0 saturated heterocycles. The predicted molar refractivity (Wildman–Crippen MR) is 131 cm³/mol. The van der Waals surface area contributed by atoms with Crippen molar-refractivity contribution in [1.29, 1.82) is 0 Å². The minimum atomic E-state index is 0. The van der Waals surface area contributed by atoms with Crippen molar-refractivity contribution in [3.8, 4) is 0 Å². The van der Waals surface area contributed by atoms with Gasteiger partial charge in [-0.05, 0) is 104 Å². The average molecular weight is 509 g/mol. The van der Waals surface area contributed by atoms with E-state index in [1.807, 2.05) is 0 Å². The molecule has 0 spiro atoms. The van der Waals surface area contributed by atoms with E-state index in [2.05, 4.69) is 53.2 Å². The van der Waals surface area contributed by atoms with Crippen LogP contribution in [0.1, 0.15) is 98.8 Å². The third-order valence-electron chi connectivity index (χ3n) is 13.1. The van der Waals surface area contributed by atoms with Gasteiger partial charge in [0.05, 0.1) is 0 Å². The summed E-state index contributed by atoms with van der Waals surface area (Å²) in [6, 6.07) is 0. The number of fused-ring (bicyclic) bond motifs is 4. The molecule has 32 heavy (non-hydrogen) atoms. The molecule has 10 atom stereocenters. The Bertz CT molecular complexity index is 807. The number of hydrogen-bond donors (Lipinski definition) is 0. The second kappa shape index (κ2) is 7.79. The van der Waals surface area contributed by atoms with Crippen molar-refractivity contribution >= 4 is 0 Å². The van der Waals surface area contributed by atoms with Gasteiger partial charge >= 0.3 is 0 Å². The van der Waals surface area contributed by atoms with Crippen LogP contribution in [-0.2, 0) is 32.7 Å².